The predicted octanol–water partition coefficient (Wildman–Crippen LogP) is -4.98. The van der Waals surface area contributed by atoms with Gasteiger partial charge in [0.1, 0.15) is 54.9 Å². The van der Waals surface area contributed by atoms with Crippen LogP contribution in [0.15, 0.2) is 0 Å². The van der Waals surface area contributed by atoms with Crippen LogP contribution in [-0.2, 0) is 14.3 Å². The first-order valence-electron chi connectivity index (χ1n) is 7.75. The lowest BCUT2D eigenvalue weighted by Crippen LogP contribution is -2.59. The van der Waals surface area contributed by atoms with Crippen molar-refractivity contribution in [3.05, 3.63) is 0 Å². The van der Waals surface area contributed by atoms with Crippen LogP contribution >= 0.6 is 0 Å². The number of terminal acetylenes is 2. The Hall–Kier alpha value is -1.77. The van der Waals surface area contributed by atoms with Crippen LogP contribution in [0.25, 0.3) is 0 Å². The fourth-order valence-corrected chi connectivity index (χ4v) is 2.46. The first-order valence-corrected chi connectivity index (χ1v) is 7.75. The molecule has 0 amide bonds. The lowest BCUT2D eigenvalue weighted by Gasteiger charge is -2.37. The molecule has 2 heterocycles. The molecule has 11 heteroatoms. The summed E-state index contributed by atoms with van der Waals surface area (Å²) in [6, 6.07) is 0. The van der Waals surface area contributed by atoms with Gasteiger partial charge in [-0.05, 0) is 0 Å². The molecule has 0 saturated carbocycles. The number of carbonyl (C=O) groups is 1. The summed E-state index contributed by atoms with van der Waals surface area (Å²) in [7, 11) is 0. The molecular weight excluding hydrogens is 368 g/mol. The van der Waals surface area contributed by atoms with Crippen LogP contribution < -0.4 is 0 Å². The van der Waals surface area contributed by atoms with E-state index in [2.05, 4.69) is 5.92 Å². The van der Waals surface area contributed by atoms with Crippen LogP contribution in [0.2, 0.25) is 0 Å². The molecule has 27 heavy (non-hydrogen) atoms. The Morgan fingerprint density at radius 3 is 1.63 bits per heavy atom. The topological polar surface area (TPSA) is 197 Å². The van der Waals surface area contributed by atoms with E-state index in [4.69, 9.17) is 32.5 Å². The molecule has 0 radical (unpaired) electrons. The molecular formula is C16H22O11. The molecule has 2 aliphatic rings. The molecule has 11 nitrogen and oxygen atoms in total. The van der Waals surface area contributed by atoms with Crippen molar-refractivity contribution in [2.24, 2.45) is 0 Å². The summed E-state index contributed by atoms with van der Waals surface area (Å²) in [5.74, 6) is 2.66. The lowest BCUT2D eigenvalue weighted by molar-refractivity contribution is -0.215. The number of rotatable bonds is 2. The fraction of sp³-hybridized carbons (Fsp3) is 0.688. The molecule has 8 N–H and O–H groups in total. The van der Waals surface area contributed by atoms with E-state index in [1.165, 1.54) is 0 Å². The van der Waals surface area contributed by atoms with Gasteiger partial charge in [0.05, 0.1) is 6.61 Å². The molecule has 0 aromatic heterocycles. The summed E-state index contributed by atoms with van der Waals surface area (Å²) < 4.78 is 9.63. The van der Waals surface area contributed by atoms with Gasteiger partial charge in [-0.15, -0.1) is 12.8 Å². The second-order valence-corrected chi connectivity index (χ2v) is 5.87. The number of aliphatic hydroxyl groups excluding tert-OH is 7. The molecule has 2 saturated heterocycles. The van der Waals surface area contributed by atoms with Gasteiger partial charge in [0.2, 0.25) is 0 Å². The van der Waals surface area contributed by atoms with Gasteiger partial charge in [-0.3, -0.25) is 0 Å². The predicted molar refractivity (Wildman–Crippen MR) is 85.8 cm³/mol. The van der Waals surface area contributed by atoms with Crippen molar-refractivity contribution >= 4 is 5.97 Å². The number of ether oxygens (including phenoxy) is 2. The van der Waals surface area contributed by atoms with Gasteiger partial charge in [0, 0.05) is 0 Å². The third-order valence-corrected chi connectivity index (χ3v) is 4.08. The minimum absolute atomic E-state index is 0.455. The molecule has 2 rings (SSSR count). The highest BCUT2D eigenvalue weighted by Gasteiger charge is 2.46. The second-order valence-electron chi connectivity index (χ2n) is 5.87. The monoisotopic (exact) mass is 390 g/mol. The van der Waals surface area contributed by atoms with E-state index in [0.717, 1.165) is 0 Å². The lowest BCUT2D eigenvalue weighted by atomic mass is 9.95. The summed E-state index contributed by atoms with van der Waals surface area (Å²) in [5, 5.41) is 72.8. The highest BCUT2D eigenvalue weighted by Crippen LogP contribution is 2.21. The Bertz CT molecular complexity index is 580. The molecule has 0 bridgehead atoms. The van der Waals surface area contributed by atoms with Crippen molar-refractivity contribution < 1.29 is 55.1 Å². The molecule has 2 aliphatic heterocycles. The standard InChI is InChI=1S/C8H10O6.C8H12O5/c1-2-3-4(9)5(10)6(11)7(14-3)8(12)13;1-2-4-6(10)8(12)7(11)5(3-9)13-4/h1,3-7,9-11H,(H,12,13);1,4-12H,3H2/t3-,4-,5+,6-,7-;4-,5+,6-,7+,8+/m00/s1. The van der Waals surface area contributed by atoms with E-state index in [-0.39, 0.29) is 0 Å². The number of carboxylic acid groups (broad SMARTS) is 1. The third-order valence-electron chi connectivity index (χ3n) is 4.08. The molecule has 152 valence electrons. The summed E-state index contributed by atoms with van der Waals surface area (Å²) in [6.45, 7) is -0.455. The number of hydrogen-bond acceptors (Lipinski definition) is 10. The van der Waals surface area contributed by atoms with Crippen molar-refractivity contribution in [3.63, 3.8) is 0 Å². The Morgan fingerprint density at radius 1 is 0.778 bits per heavy atom. The van der Waals surface area contributed by atoms with Gasteiger partial charge in [-0.2, -0.15) is 0 Å². The SMILES string of the molecule is C#C[C@@H]1O[C@H](C(=O)O)[C@@H](O)[C@H](O)[C@H]1O.C#C[C@@H]1O[C@H](CO)[C@@H](O)[C@H](O)[C@H]1O. The number of aliphatic hydroxyl groups is 7. The van der Waals surface area contributed by atoms with Gasteiger partial charge < -0.3 is 50.3 Å². The zero-order valence-electron chi connectivity index (χ0n) is 13.9. The van der Waals surface area contributed by atoms with Crippen molar-refractivity contribution in [2.75, 3.05) is 6.61 Å². The van der Waals surface area contributed by atoms with E-state index < -0.39 is 73.6 Å². The van der Waals surface area contributed by atoms with Gasteiger partial charge in [0.25, 0.3) is 0 Å². The van der Waals surface area contributed by atoms with Crippen LogP contribution in [0.1, 0.15) is 0 Å². The summed E-state index contributed by atoms with van der Waals surface area (Å²) in [6.07, 6.45) is -3.63. The van der Waals surface area contributed by atoms with Gasteiger partial charge in [-0.25, -0.2) is 4.79 Å². The van der Waals surface area contributed by atoms with Gasteiger partial charge in [-0.1, -0.05) is 11.8 Å². The van der Waals surface area contributed by atoms with Crippen LogP contribution in [-0.4, -0.2) is 114 Å². The van der Waals surface area contributed by atoms with Crippen molar-refractivity contribution in [1.29, 1.82) is 0 Å². The Balaban J connectivity index is 0.000000271. The molecule has 0 spiro atoms. The molecule has 2 fully saturated rings. The summed E-state index contributed by atoms with van der Waals surface area (Å²) in [5.41, 5.74) is 0. The van der Waals surface area contributed by atoms with Crippen LogP contribution in [0.3, 0.4) is 0 Å². The van der Waals surface area contributed by atoms with Crippen molar-refractivity contribution in [1.82, 2.24) is 0 Å². The number of carboxylic acids is 1. The molecule has 10 atom stereocenters. The Labute approximate surface area is 154 Å². The minimum Gasteiger partial charge on any atom is -0.479 e. The van der Waals surface area contributed by atoms with Crippen LogP contribution in [0.5, 0.6) is 0 Å². The third kappa shape index (κ3) is 5.15. The summed E-state index contributed by atoms with van der Waals surface area (Å²) in [4.78, 5) is 10.5. The quantitative estimate of drug-likeness (QED) is 0.210. The highest BCUT2D eigenvalue weighted by molar-refractivity contribution is 5.73. The van der Waals surface area contributed by atoms with E-state index >= 15 is 0 Å². The molecule has 0 aromatic carbocycles. The van der Waals surface area contributed by atoms with Gasteiger partial charge in [0.15, 0.2) is 6.10 Å². The average Bonchev–Trinajstić information content (AvgIpc) is 2.65. The Kier molecular flexibility index (Phi) is 8.59. The van der Waals surface area contributed by atoms with Crippen molar-refractivity contribution in [2.45, 2.75) is 61.0 Å². The van der Waals surface area contributed by atoms with Crippen molar-refractivity contribution in [3.8, 4) is 24.7 Å². The second kappa shape index (κ2) is 9.96. The zero-order chi connectivity index (χ0) is 20.9. The highest BCUT2D eigenvalue weighted by atomic mass is 16.6. The van der Waals surface area contributed by atoms with Crippen LogP contribution in [0, 0.1) is 24.7 Å². The van der Waals surface area contributed by atoms with E-state index in [0.29, 0.717) is 0 Å². The average molecular weight is 390 g/mol. The molecule has 0 aromatic rings. The van der Waals surface area contributed by atoms with E-state index in [9.17, 15) is 35.4 Å². The summed E-state index contributed by atoms with van der Waals surface area (Å²) >= 11 is 0. The maximum Gasteiger partial charge on any atom is 0.335 e. The van der Waals surface area contributed by atoms with Gasteiger partial charge >= 0.3 is 5.97 Å². The first-order chi connectivity index (χ1) is 12.6. The van der Waals surface area contributed by atoms with Crippen LogP contribution in [0.4, 0.5) is 0 Å². The maximum atomic E-state index is 10.5. The zero-order valence-corrected chi connectivity index (χ0v) is 13.9. The largest absolute Gasteiger partial charge is 0.479 e. The molecule has 0 aliphatic carbocycles. The molecule has 0 unspecified atom stereocenters. The first kappa shape index (κ1) is 23.3. The Morgan fingerprint density at radius 2 is 1.22 bits per heavy atom. The number of aliphatic carboxylic acids is 1. The number of hydrogen-bond donors (Lipinski definition) is 8. The van der Waals surface area contributed by atoms with E-state index in [1.807, 2.05) is 5.92 Å². The smallest absolute Gasteiger partial charge is 0.335 e. The normalized spacial score (nSPS) is 44.2. The fourth-order valence-electron chi connectivity index (χ4n) is 2.46. The van der Waals surface area contributed by atoms with E-state index in [1.54, 1.807) is 0 Å². The maximum absolute atomic E-state index is 10.5. The minimum atomic E-state index is -1.69.